The molecule has 1 fully saturated rings. The minimum absolute atomic E-state index is 0.119. The summed E-state index contributed by atoms with van der Waals surface area (Å²) in [6.45, 7) is 0.992. The van der Waals surface area contributed by atoms with Crippen molar-refractivity contribution in [2.45, 2.75) is 24.2 Å². The third kappa shape index (κ3) is 5.59. The second kappa shape index (κ2) is 11.9. The lowest BCUT2D eigenvalue weighted by Gasteiger charge is -2.26. The highest BCUT2D eigenvalue weighted by atomic mass is 32.2. The number of hydrogen-bond acceptors (Lipinski definition) is 7. The van der Waals surface area contributed by atoms with E-state index >= 15 is 0 Å². The molecule has 0 spiro atoms. The van der Waals surface area contributed by atoms with Crippen molar-refractivity contribution in [3.63, 3.8) is 0 Å². The third-order valence-electron chi connectivity index (χ3n) is 6.86. The Kier molecular flexibility index (Phi) is 8.18. The Bertz CT molecular complexity index is 1610. The molecule has 2 heterocycles. The maximum absolute atomic E-state index is 13.7. The number of aromatic nitrogens is 2. The Morgan fingerprint density at radius 1 is 0.850 bits per heavy atom. The van der Waals surface area contributed by atoms with Crippen molar-refractivity contribution >= 4 is 21.9 Å². The van der Waals surface area contributed by atoms with Gasteiger partial charge in [-0.1, -0.05) is 24.6 Å². The first kappa shape index (κ1) is 27.4. The lowest BCUT2D eigenvalue weighted by Crippen LogP contribution is -2.35. The summed E-state index contributed by atoms with van der Waals surface area (Å²) in [5.41, 5.74) is 3.36. The van der Waals surface area contributed by atoms with Crippen LogP contribution in [0.1, 0.15) is 24.8 Å². The van der Waals surface area contributed by atoms with E-state index < -0.39 is 10.0 Å². The van der Waals surface area contributed by atoms with Crippen LogP contribution in [0.25, 0.3) is 16.9 Å². The number of aliphatic imine (C=N–C) groups is 1. The van der Waals surface area contributed by atoms with Crippen LogP contribution >= 0.6 is 0 Å². The molecule has 0 unspecified atom stereocenters. The van der Waals surface area contributed by atoms with Crippen LogP contribution in [0, 0.1) is 0 Å². The molecule has 1 saturated heterocycles. The maximum atomic E-state index is 13.7. The Morgan fingerprint density at radius 2 is 1.60 bits per heavy atom. The van der Waals surface area contributed by atoms with Crippen molar-refractivity contribution in [1.82, 2.24) is 14.1 Å². The van der Waals surface area contributed by atoms with Crippen LogP contribution in [0.2, 0.25) is 0 Å². The number of benzene rings is 3. The van der Waals surface area contributed by atoms with E-state index in [-0.39, 0.29) is 4.90 Å². The first-order chi connectivity index (χ1) is 19.4. The molecule has 0 radical (unpaired) electrons. The number of nitrogens with zero attached hydrogens (tertiary/aromatic N) is 4. The predicted octanol–water partition coefficient (Wildman–Crippen LogP) is 5.49. The molecule has 5 rings (SSSR count). The van der Waals surface area contributed by atoms with Gasteiger partial charge in [0, 0.05) is 42.7 Å². The van der Waals surface area contributed by atoms with Crippen molar-refractivity contribution < 1.29 is 22.6 Å². The van der Waals surface area contributed by atoms with E-state index in [0.717, 1.165) is 30.5 Å². The van der Waals surface area contributed by atoms with Gasteiger partial charge >= 0.3 is 0 Å². The highest BCUT2D eigenvalue weighted by Crippen LogP contribution is 2.35. The molecule has 4 aromatic rings. The van der Waals surface area contributed by atoms with Crippen molar-refractivity contribution in [3.05, 3.63) is 78.5 Å². The van der Waals surface area contributed by atoms with E-state index in [1.165, 1.54) is 11.4 Å². The molecule has 0 atom stereocenters. The van der Waals surface area contributed by atoms with E-state index in [2.05, 4.69) is 4.99 Å². The van der Waals surface area contributed by atoms with Crippen LogP contribution in [0.3, 0.4) is 0 Å². The summed E-state index contributed by atoms with van der Waals surface area (Å²) < 4.78 is 46.9. The van der Waals surface area contributed by atoms with Crippen molar-refractivity contribution in [2.75, 3.05) is 34.4 Å². The molecule has 208 valence electrons. The minimum Gasteiger partial charge on any atom is -0.497 e. The Morgan fingerprint density at radius 3 is 2.30 bits per heavy atom. The van der Waals surface area contributed by atoms with Gasteiger partial charge in [-0.2, -0.15) is 9.40 Å². The minimum atomic E-state index is -3.76. The number of sulfonamides is 1. The molecule has 40 heavy (non-hydrogen) atoms. The summed E-state index contributed by atoms with van der Waals surface area (Å²) in [4.78, 5) is 4.81. The van der Waals surface area contributed by atoms with Crippen LogP contribution in [0.4, 0.5) is 5.69 Å². The van der Waals surface area contributed by atoms with Gasteiger partial charge in [0.1, 0.15) is 16.3 Å². The normalized spacial score (nSPS) is 14.4. The van der Waals surface area contributed by atoms with Gasteiger partial charge in [0.2, 0.25) is 10.0 Å². The summed E-state index contributed by atoms with van der Waals surface area (Å²) in [6, 6.07) is 20.2. The monoisotopic (exact) mass is 560 g/mol. The van der Waals surface area contributed by atoms with Gasteiger partial charge in [-0.05, 0) is 55.3 Å². The first-order valence-corrected chi connectivity index (χ1v) is 14.5. The zero-order valence-electron chi connectivity index (χ0n) is 22.8. The van der Waals surface area contributed by atoms with Gasteiger partial charge < -0.3 is 14.2 Å². The predicted molar refractivity (Wildman–Crippen MR) is 155 cm³/mol. The Balaban J connectivity index is 1.60. The maximum Gasteiger partial charge on any atom is 0.245 e. The summed E-state index contributed by atoms with van der Waals surface area (Å²) in [5.74, 6) is 1.63. The fraction of sp³-hybridized carbons (Fsp3) is 0.267. The molecule has 0 aliphatic carbocycles. The van der Waals surface area contributed by atoms with E-state index in [0.29, 0.717) is 47.3 Å². The highest BCUT2D eigenvalue weighted by Gasteiger charge is 2.29. The molecule has 10 heteroatoms. The quantitative estimate of drug-likeness (QED) is 0.251. The van der Waals surface area contributed by atoms with Gasteiger partial charge in [-0.15, -0.1) is 0 Å². The molecule has 0 N–H and O–H groups in total. The summed E-state index contributed by atoms with van der Waals surface area (Å²) in [6.07, 6.45) is 6.23. The second-order valence-corrected chi connectivity index (χ2v) is 11.2. The second-order valence-electron chi connectivity index (χ2n) is 9.34. The average Bonchev–Trinajstić information content (AvgIpc) is 3.44. The third-order valence-corrected chi connectivity index (χ3v) is 8.79. The van der Waals surface area contributed by atoms with Gasteiger partial charge in [-0.25, -0.2) is 13.1 Å². The van der Waals surface area contributed by atoms with Gasteiger partial charge in [0.25, 0.3) is 0 Å². The lowest BCUT2D eigenvalue weighted by molar-refractivity contribution is 0.346. The molecule has 0 bridgehead atoms. The molecule has 1 aliphatic rings. The molecule has 0 saturated carbocycles. The van der Waals surface area contributed by atoms with Crippen LogP contribution in [-0.2, 0) is 10.0 Å². The fourth-order valence-corrected chi connectivity index (χ4v) is 6.39. The van der Waals surface area contributed by atoms with Crippen molar-refractivity contribution in [2.24, 2.45) is 4.99 Å². The smallest absolute Gasteiger partial charge is 0.245 e. The standard InChI is InChI=1S/C30H32N4O5S/c1-37-25-13-14-26(29(19-25)40(35,36)33-16-8-5-9-17-33)31-20-23-21-34(24-10-6-4-7-11-24)32-30(23)22-12-15-27(38-2)28(18-22)39-3/h4,6-7,10-15,18-21H,5,8-9,16-17H2,1-3H3. The number of para-hydroxylation sites is 1. The van der Waals surface area contributed by atoms with Crippen LogP contribution in [0.5, 0.6) is 17.2 Å². The molecular weight excluding hydrogens is 528 g/mol. The SMILES string of the molecule is COc1ccc(N=Cc2cn(-c3ccccc3)nc2-c2ccc(OC)c(OC)c2)c(S(=O)(=O)N2CCCCC2)c1. The molecule has 1 aliphatic heterocycles. The largest absolute Gasteiger partial charge is 0.497 e. The molecular formula is C30H32N4O5S. The first-order valence-electron chi connectivity index (χ1n) is 13.0. The van der Waals surface area contributed by atoms with Crippen LogP contribution in [-0.4, -0.2) is 63.1 Å². The number of rotatable bonds is 9. The van der Waals surface area contributed by atoms with Gasteiger partial charge in [0.05, 0.1) is 32.7 Å². The zero-order chi connectivity index (χ0) is 28.1. The van der Waals surface area contributed by atoms with Crippen LogP contribution < -0.4 is 14.2 Å². The number of piperidine rings is 1. The van der Waals surface area contributed by atoms with E-state index in [9.17, 15) is 8.42 Å². The molecule has 1 aromatic heterocycles. The topological polar surface area (TPSA) is 95.2 Å². The van der Waals surface area contributed by atoms with Crippen molar-refractivity contribution in [3.8, 4) is 34.2 Å². The molecule has 3 aromatic carbocycles. The van der Waals surface area contributed by atoms with Gasteiger partial charge in [0.15, 0.2) is 11.5 Å². The highest BCUT2D eigenvalue weighted by molar-refractivity contribution is 7.89. The van der Waals surface area contributed by atoms with E-state index in [1.807, 2.05) is 54.7 Å². The number of hydrogen-bond donors (Lipinski definition) is 0. The molecule has 9 nitrogen and oxygen atoms in total. The zero-order valence-corrected chi connectivity index (χ0v) is 23.6. The van der Waals surface area contributed by atoms with E-state index in [4.69, 9.17) is 19.3 Å². The Labute approximate surface area is 234 Å². The summed E-state index contributed by atoms with van der Waals surface area (Å²) in [7, 11) is 0.930. The Hall–Kier alpha value is -4.15. The molecule has 0 amide bonds. The van der Waals surface area contributed by atoms with Crippen molar-refractivity contribution in [1.29, 1.82) is 0 Å². The summed E-state index contributed by atoms with van der Waals surface area (Å²) >= 11 is 0. The summed E-state index contributed by atoms with van der Waals surface area (Å²) in [5, 5.41) is 4.85. The fourth-order valence-electron chi connectivity index (χ4n) is 4.72. The number of ether oxygens (including phenoxy) is 3. The number of methoxy groups -OCH3 is 3. The lowest BCUT2D eigenvalue weighted by atomic mass is 10.1. The average molecular weight is 561 g/mol. The van der Waals surface area contributed by atoms with E-state index in [1.54, 1.807) is 43.3 Å². The van der Waals surface area contributed by atoms with Crippen LogP contribution in [0.15, 0.2) is 82.8 Å². The van der Waals surface area contributed by atoms with Gasteiger partial charge in [-0.3, -0.25) is 4.99 Å².